The van der Waals surface area contributed by atoms with Crippen molar-refractivity contribution in [2.24, 2.45) is 0 Å². The first kappa shape index (κ1) is 29.5. The highest BCUT2D eigenvalue weighted by atomic mass is 32.1. The van der Waals surface area contributed by atoms with Crippen molar-refractivity contribution in [2.45, 2.75) is 78.6 Å². The highest BCUT2D eigenvalue weighted by molar-refractivity contribution is 7.17. The molecule has 186 valence electrons. The quantitative estimate of drug-likeness (QED) is 0.380. The minimum absolute atomic E-state index is 0.147. The van der Waals surface area contributed by atoms with Gasteiger partial charge in [-0.3, -0.25) is 0 Å². The summed E-state index contributed by atoms with van der Waals surface area (Å²) in [5, 5.41) is 0. The lowest BCUT2D eigenvalue weighted by Gasteiger charge is -2.21. The summed E-state index contributed by atoms with van der Waals surface area (Å²) in [5.74, 6) is -3.23. The van der Waals surface area contributed by atoms with Gasteiger partial charge in [-0.15, -0.1) is 11.3 Å². The molecule has 1 rings (SSSR count). The van der Waals surface area contributed by atoms with Gasteiger partial charge in [0.1, 0.15) is 9.75 Å². The van der Waals surface area contributed by atoms with Crippen molar-refractivity contribution in [3.05, 3.63) is 20.9 Å². The molecule has 0 aliphatic carbocycles. The molecule has 0 aliphatic heterocycles. The zero-order valence-corrected chi connectivity index (χ0v) is 26.5. The Bertz CT molecular complexity index is 869. The SMILES string of the molecule is C[Si](C)(C)OC(=O)c1sc(C(=O)O[Si](C)(C)C)c(C(=O)O[Si](C)(C)C)c1C(=O)O[Si](C)(C)C. The highest BCUT2D eigenvalue weighted by Crippen LogP contribution is 2.34. The summed E-state index contributed by atoms with van der Waals surface area (Å²) in [5.41, 5.74) is -0.562. The molecule has 13 heteroatoms. The van der Waals surface area contributed by atoms with Crippen LogP contribution in [0.3, 0.4) is 0 Å². The molecule has 0 radical (unpaired) electrons. The normalized spacial score (nSPS) is 12.7. The van der Waals surface area contributed by atoms with E-state index in [4.69, 9.17) is 17.7 Å². The van der Waals surface area contributed by atoms with Crippen LogP contribution in [0.1, 0.15) is 40.1 Å². The van der Waals surface area contributed by atoms with Crippen molar-refractivity contribution in [3.8, 4) is 0 Å². The van der Waals surface area contributed by atoms with Gasteiger partial charge in [-0.05, 0) is 78.6 Å². The second-order valence-electron chi connectivity index (χ2n) is 11.5. The molecular weight excluding hydrogens is 513 g/mol. The zero-order chi connectivity index (χ0) is 26.2. The maximum atomic E-state index is 13.2. The van der Waals surface area contributed by atoms with E-state index in [0.717, 1.165) is 0 Å². The molecule has 1 aromatic rings. The van der Waals surface area contributed by atoms with Crippen LogP contribution in [0.15, 0.2) is 0 Å². The van der Waals surface area contributed by atoms with Crippen LogP contribution >= 0.6 is 11.3 Å². The van der Waals surface area contributed by atoms with Crippen LogP contribution in [-0.4, -0.2) is 57.1 Å². The molecule has 8 nitrogen and oxygen atoms in total. The first-order valence-electron chi connectivity index (χ1n) is 10.6. The monoisotopic (exact) mass is 548 g/mol. The van der Waals surface area contributed by atoms with Crippen molar-refractivity contribution in [1.29, 1.82) is 0 Å². The average molecular weight is 549 g/mol. The summed E-state index contributed by atoms with van der Waals surface area (Å²) in [6, 6.07) is 0. The summed E-state index contributed by atoms with van der Waals surface area (Å²) in [7, 11) is -9.52. The summed E-state index contributed by atoms with van der Waals surface area (Å²) < 4.78 is 22.5. The predicted molar refractivity (Wildman–Crippen MR) is 139 cm³/mol. The smallest absolute Gasteiger partial charge is 0.335 e. The fourth-order valence-electron chi connectivity index (χ4n) is 2.42. The summed E-state index contributed by atoms with van der Waals surface area (Å²) in [4.78, 5) is 52.3. The lowest BCUT2D eigenvalue weighted by molar-refractivity contribution is 0.0657. The minimum atomic E-state index is -2.41. The van der Waals surface area contributed by atoms with Gasteiger partial charge in [-0.1, -0.05) is 0 Å². The third kappa shape index (κ3) is 9.68. The molecule has 1 aromatic heterocycles. The van der Waals surface area contributed by atoms with Crippen molar-refractivity contribution in [3.63, 3.8) is 0 Å². The van der Waals surface area contributed by atoms with Crippen molar-refractivity contribution in [2.75, 3.05) is 0 Å². The number of hydrogen-bond donors (Lipinski definition) is 0. The van der Waals surface area contributed by atoms with E-state index in [1.165, 1.54) is 0 Å². The fraction of sp³-hybridized carbons (Fsp3) is 0.600. The molecule has 0 N–H and O–H groups in total. The molecule has 0 fully saturated rings. The van der Waals surface area contributed by atoms with Gasteiger partial charge < -0.3 is 17.7 Å². The van der Waals surface area contributed by atoms with E-state index in [1.54, 1.807) is 39.3 Å². The molecule has 0 atom stereocenters. The van der Waals surface area contributed by atoms with Gasteiger partial charge >= 0.3 is 23.9 Å². The summed E-state index contributed by atoms with van der Waals surface area (Å²) in [6.07, 6.45) is 0. The number of hydrogen-bond acceptors (Lipinski definition) is 9. The molecule has 0 saturated carbocycles. The van der Waals surface area contributed by atoms with E-state index in [2.05, 4.69) is 0 Å². The predicted octanol–water partition coefficient (Wildman–Crippen LogP) is 5.71. The van der Waals surface area contributed by atoms with Crippen molar-refractivity contribution in [1.82, 2.24) is 0 Å². The molecule has 0 saturated heterocycles. The van der Waals surface area contributed by atoms with Gasteiger partial charge in [0, 0.05) is 0 Å². The van der Waals surface area contributed by atoms with Crippen molar-refractivity contribution >= 4 is 68.5 Å². The third-order valence-electron chi connectivity index (χ3n) is 3.28. The van der Waals surface area contributed by atoms with Crippen LogP contribution in [-0.2, 0) is 17.7 Å². The summed E-state index contributed by atoms with van der Waals surface area (Å²) >= 11 is 0.717. The molecule has 0 amide bonds. The maximum Gasteiger partial charge on any atom is 0.335 e. The van der Waals surface area contributed by atoms with Gasteiger partial charge in [-0.25, -0.2) is 19.2 Å². The lowest BCUT2D eigenvalue weighted by Crippen LogP contribution is -2.34. The molecule has 1 heterocycles. The Balaban J connectivity index is 3.88. The first-order chi connectivity index (χ1) is 14.5. The summed E-state index contributed by atoms with van der Waals surface area (Å²) in [6.45, 7) is 21.7. The number of rotatable bonds is 8. The Morgan fingerprint density at radius 2 is 0.667 bits per heavy atom. The largest absolute Gasteiger partial charge is 0.516 e. The lowest BCUT2D eigenvalue weighted by atomic mass is 10.1. The van der Waals surface area contributed by atoms with E-state index in [1.807, 2.05) is 39.3 Å². The highest BCUT2D eigenvalue weighted by Gasteiger charge is 2.40. The topological polar surface area (TPSA) is 105 Å². The van der Waals surface area contributed by atoms with Crippen LogP contribution in [0.4, 0.5) is 0 Å². The Morgan fingerprint density at radius 3 is 0.879 bits per heavy atom. The standard InChI is InChI=1S/C20H36O8SSi4/c1-30(2,3)25-17(21)13-14(18(22)26-31(4,5)6)16(20(24)28-33(10,11)12)29-15(13)19(23)27-32(7,8)9/h1-12H3. The minimum Gasteiger partial charge on any atom is -0.516 e. The van der Waals surface area contributed by atoms with Gasteiger partial charge in [0.2, 0.25) is 33.3 Å². The van der Waals surface area contributed by atoms with Gasteiger partial charge in [0.25, 0.3) is 0 Å². The van der Waals surface area contributed by atoms with Crippen LogP contribution in [0.5, 0.6) is 0 Å². The Labute approximate surface area is 204 Å². The molecule has 33 heavy (non-hydrogen) atoms. The molecule has 0 unspecified atom stereocenters. The van der Waals surface area contributed by atoms with Gasteiger partial charge in [0.05, 0.1) is 11.1 Å². The zero-order valence-electron chi connectivity index (χ0n) is 21.7. The second-order valence-corrected chi connectivity index (χ2v) is 30.3. The average Bonchev–Trinajstić information content (AvgIpc) is 2.89. The Kier molecular flexibility index (Phi) is 8.91. The van der Waals surface area contributed by atoms with Crippen LogP contribution in [0, 0.1) is 0 Å². The van der Waals surface area contributed by atoms with Crippen LogP contribution in [0.2, 0.25) is 78.6 Å². The van der Waals surface area contributed by atoms with Gasteiger partial charge in [-0.2, -0.15) is 0 Å². The van der Waals surface area contributed by atoms with Gasteiger partial charge in [0.15, 0.2) is 0 Å². The number of thiophene rings is 1. The third-order valence-corrected chi connectivity index (χ3v) is 7.62. The molecule has 0 spiro atoms. The molecule has 0 bridgehead atoms. The van der Waals surface area contributed by atoms with E-state index in [-0.39, 0.29) is 20.9 Å². The molecule has 0 aliphatic rings. The number of carbonyl (C=O) groups excluding carboxylic acids is 4. The molecule has 0 aromatic carbocycles. The van der Waals surface area contributed by atoms with Crippen LogP contribution in [0.25, 0.3) is 0 Å². The van der Waals surface area contributed by atoms with E-state index in [0.29, 0.717) is 11.3 Å². The maximum absolute atomic E-state index is 13.2. The van der Waals surface area contributed by atoms with Crippen LogP contribution < -0.4 is 0 Å². The number of carbonyl (C=O) groups is 4. The fourth-order valence-corrected chi connectivity index (χ4v) is 6.23. The van der Waals surface area contributed by atoms with Crippen molar-refractivity contribution < 1.29 is 36.9 Å². The Hall–Kier alpha value is -1.55. The van der Waals surface area contributed by atoms with E-state index >= 15 is 0 Å². The van der Waals surface area contributed by atoms with E-state index in [9.17, 15) is 19.2 Å². The van der Waals surface area contributed by atoms with E-state index < -0.39 is 57.1 Å². The second kappa shape index (κ2) is 9.98. The molecular formula is C20H36O8SSi4. The Morgan fingerprint density at radius 1 is 0.455 bits per heavy atom. The first-order valence-corrected chi connectivity index (χ1v) is 25.1.